The Balaban J connectivity index is 1.85. The number of rotatable bonds is 6. The van der Waals surface area contributed by atoms with Crippen LogP contribution in [-0.2, 0) is 6.42 Å². The maximum atomic E-state index is 11.0. The van der Waals surface area contributed by atoms with Crippen molar-refractivity contribution in [3.63, 3.8) is 0 Å². The molecule has 2 rings (SSSR count). The second kappa shape index (κ2) is 6.59. The number of aryl methyl sites for hydroxylation is 1. The molecule has 3 nitrogen and oxygen atoms in total. The van der Waals surface area contributed by atoms with Crippen LogP contribution in [0.5, 0.6) is 5.75 Å². The Morgan fingerprint density at radius 2 is 1.68 bits per heavy atom. The van der Waals surface area contributed by atoms with E-state index in [2.05, 4.69) is 12.1 Å². The number of benzene rings is 2. The molecule has 0 aliphatic carbocycles. The third-order valence-electron chi connectivity index (χ3n) is 2.83. The van der Waals surface area contributed by atoms with Gasteiger partial charge in [-0.25, -0.2) is 4.79 Å². The Labute approximate surface area is 112 Å². The topological polar surface area (TPSA) is 46.5 Å². The van der Waals surface area contributed by atoms with Crippen molar-refractivity contribution in [1.29, 1.82) is 0 Å². The van der Waals surface area contributed by atoms with Gasteiger partial charge < -0.3 is 9.84 Å². The average molecular weight is 256 g/mol. The minimum absolute atomic E-state index is 0.210. The molecule has 0 aromatic heterocycles. The van der Waals surface area contributed by atoms with Crippen LogP contribution in [-0.4, -0.2) is 17.7 Å². The Morgan fingerprint density at radius 3 is 2.42 bits per heavy atom. The number of carbonyl (C=O) groups is 1. The molecule has 0 radical (unpaired) electrons. The predicted octanol–water partition coefficient (Wildman–Crippen LogP) is 3.40. The molecule has 3 heteroatoms. The molecule has 0 saturated heterocycles. The molecule has 0 saturated carbocycles. The number of para-hydroxylation sites is 1. The monoisotopic (exact) mass is 256 g/mol. The van der Waals surface area contributed by atoms with Crippen molar-refractivity contribution in [2.24, 2.45) is 0 Å². The first-order valence-electron chi connectivity index (χ1n) is 6.26. The third kappa shape index (κ3) is 3.85. The maximum Gasteiger partial charge on any atom is 0.339 e. The van der Waals surface area contributed by atoms with Crippen molar-refractivity contribution in [1.82, 2.24) is 0 Å². The van der Waals surface area contributed by atoms with E-state index in [1.54, 1.807) is 24.3 Å². The summed E-state index contributed by atoms with van der Waals surface area (Å²) in [6.07, 6.45) is 1.79. The normalized spacial score (nSPS) is 10.1. The molecule has 0 spiro atoms. The molecule has 0 bridgehead atoms. The van der Waals surface area contributed by atoms with Crippen LogP contribution in [0, 0.1) is 0 Å². The van der Waals surface area contributed by atoms with E-state index < -0.39 is 5.97 Å². The van der Waals surface area contributed by atoms with Gasteiger partial charge in [-0.1, -0.05) is 42.5 Å². The van der Waals surface area contributed by atoms with Crippen LogP contribution in [0.3, 0.4) is 0 Å². The first kappa shape index (κ1) is 13.1. The minimum Gasteiger partial charge on any atom is -0.493 e. The second-order valence-electron chi connectivity index (χ2n) is 4.24. The summed E-state index contributed by atoms with van der Waals surface area (Å²) in [6.45, 7) is 0.513. The summed E-state index contributed by atoms with van der Waals surface area (Å²) in [5.74, 6) is -0.526. The number of aromatic carboxylic acids is 1. The summed E-state index contributed by atoms with van der Waals surface area (Å²) in [6, 6.07) is 16.9. The molecule has 2 aromatic carbocycles. The zero-order valence-corrected chi connectivity index (χ0v) is 10.6. The number of ether oxygens (including phenoxy) is 1. The summed E-state index contributed by atoms with van der Waals surface area (Å²) in [4.78, 5) is 11.0. The van der Waals surface area contributed by atoms with Crippen molar-refractivity contribution in [2.75, 3.05) is 6.61 Å². The van der Waals surface area contributed by atoms with Gasteiger partial charge in [-0.05, 0) is 30.5 Å². The molecule has 0 fully saturated rings. The lowest BCUT2D eigenvalue weighted by Crippen LogP contribution is -2.05. The summed E-state index contributed by atoms with van der Waals surface area (Å²) in [5.41, 5.74) is 1.47. The first-order valence-corrected chi connectivity index (χ1v) is 6.26. The summed E-state index contributed by atoms with van der Waals surface area (Å²) in [7, 11) is 0. The quantitative estimate of drug-likeness (QED) is 0.806. The lowest BCUT2D eigenvalue weighted by molar-refractivity contribution is 0.0692. The van der Waals surface area contributed by atoms with Gasteiger partial charge in [0.1, 0.15) is 11.3 Å². The van der Waals surface area contributed by atoms with E-state index in [9.17, 15) is 4.79 Å². The van der Waals surface area contributed by atoms with Gasteiger partial charge in [0.2, 0.25) is 0 Å². The number of carboxylic acids is 1. The SMILES string of the molecule is O=C(O)c1ccccc1OCCCc1ccccc1. The van der Waals surface area contributed by atoms with E-state index in [0.717, 1.165) is 12.8 Å². The molecule has 0 atom stereocenters. The van der Waals surface area contributed by atoms with Crippen LogP contribution in [0.25, 0.3) is 0 Å². The fourth-order valence-electron chi connectivity index (χ4n) is 1.87. The van der Waals surface area contributed by atoms with Crippen molar-refractivity contribution in [2.45, 2.75) is 12.8 Å². The number of carboxylic acid groups (broad SMARTS) is 1. The molecular formula is C16H16O3. The molecule has 0 heterocycles. The molecule has 1 N–H and O–H groups in total. The van der Waals surface area contributed by atoms with Crippen LogP contribution in [0.1, 0.15) is 22.3 Å². The van der Waals surface area contributed by atoms with Crippen LogP contribution in [0.15, 0.2) is 54.6 Å². The van der Waals surface area contributed by atoms with Crippen molar-refractivity contribution in [3.05, 3.63) is 65.7 Å². The highest BCUT2D eigenvalue weighted by atomic mass is 16.5. The molecule has 0 aliphatic rings. The standard InChI is InChI=1S/C16H16O3/c17-16(18)14-10-4-5-11-15(14)19-12-6-9-13-7-2-1-3-8-13/h1-5,7-8,10-11H,6,9,12H2,(H,17,18). The Morgan fingerprint density at radius 1 is 1.00 bits per heavy atom. The molecule has 0 amide bonds. The largest absolute Gasteiger partial charge is 0.493 e. The predicted molar refractivity (Wildman–Crippen MR) is 73.7 cm³/mol. The van der Waals surface area contributed by atoms with Gasteiger partial charge >= 0.3 is 5.97 Å². The average Bonchev–Trinajstić information content (AvgIpc) is 2.45. The summed E-state index contributed by atoms with van der Waals surface area (Å²) < 4.78 is 5.54. The van der Waals surface area contributed by atoms with Crippen LogP contribution in [0.2, 0.25) is 0 Å². The lowest BCUT2D eigenvalue weighted by atomic mass is 10.1. The summed E-state index contributed by atoms with van der Waals surface area (Å²) in [5, 5.41) is 9.02. The van der Waals surface area contributed by atoms with Crippen molar-refractivity contribution >= 4 is 5.97 Å². The van der Waals surface area contributed by atoms with Crippen molar-refractivity contribution < 1.29 is 14.6 Å². The van der Waals surface area contributed by atoms with Gasteiger partial charge in [0, 0.05) is 0 Å². The molecule has 98 valence electrons. The Kier molecular flexibility index (Phi) is 4.56. The first-order chi connectivity index (χ1) is 9.27. The minimum atomic E-state index is -0.960. The van der Waals surface area contributed by atoms with E-state index >= 15 is 0 Å². The van der Waals surface area contributed by atoms with E-state index in [-0.39, 0.29) is 5.56 Å². The third-order valence-corrected chi connectivity index (χ3v) is 2.83. The highest BCUT2D eigenvalue weighted by Gasteiger charge is 2.09. The zero-order chi connectivity index (χ0) is 13.5. The van der Waals surface area contributed by atoms with Crippen LogP contribution >= 0.6 is 0 Å². The zero-order valence-electron chi connectivity index (χ0n) is 10.6. The molecule has 2 aromatic rings. The Bertz CT molecular complexity index is 535. The molecular weight excluding hydrogens is 240 g/mol. The fourth-order valence-corrected chi connectivity index (χ4v) is 1.87. The molecule has 19 heavy (non-hydrogen) atoms. The molecule has 0 aliphatic heterocycles. The van der Waals surface area contributed by atoms with E-state index in [4.69, 9.17) is 9.84 Å². The van der Waals surface area contributed by atoms with Gasteiger partial charge in [-0.15, -0.1) is 0 Å². The smallest absolute Gasteiger partial charge is 0.339 e. The second-order valence-corrected chi connectivity index (χ2v) is 4.24. The van der Waals surface area contributed by atoms with E-state index in [0.29, 0.717) is 12.4 Å². The van der Waals surface area contributed by atoms with Gasteiger partial charge in [0.05, 0.1) is 6.61 Å². The highest BCUT2D eigenvalue weighted by Crippen LogP contribution is 2.18. The van der Waals surface area contributed by atoms with Gasteiger partial charge in [0.25, 0.3) is 0 Å². The number of hydrogen-bond acceptors (Lipinski definition) is 2. The highest BCUT2D eigenvalue weighted by molar-refractivity contribution is 5.90. The van der Waals surface area contributed by atoms with Gasteiger partial charge in [0.15, 0.2) is 0 Å². The fraction of sp³-hybridized carbons (Fsp3) is 0.188. The number of hydrogen-bond donors (Lipinski definition) is 1. The van der Waals surface area contributed by atoms with Gasteiger partial charge in [-0.2, -0.15) is 0 Å². The maximum absolute atomic E-state index is 11.0. The van der Waals surface area contributed by atoms with Gasteiger partial charge in [-0.3, -0.25) is 0 Å². The summed E-state index contributed by atoms with van der Waals surface area (Å²) >= 11 is 0. The van der Waals surface area contributed by atoms with Crippen LogP contribution in [0.4, 0.5) is 0 Å². The lowest BCUT2D eigenvalue weighted by Gasteiger charge is -2.08. The molecule has 0 unspecified atom stereocenters. The van der Waals surface area contributed by atoms with Crippen molar-refractivity contribution in [3.8, 4) is 5.75 Å². The van der Waals surface area contributed by atoms with Crippen LogP contribution < -0.4 is 4.74 Å². The van der Waals surface area contributed by atoms with E-state index in [1.807, 2.05) is 18.2 Å². The Hall–Kier alpha value is -2.29. The van der Waals surface area contributed by atoms with E-state index in [1.165, 1.54) is 5.56 Å².